The van der Waals surface area contributed by atoms with Gasteiger partial charge in [0, 0.05) is 19.3 Å². The second-order valence-corrected chi connectivity index (χ2v) is 3.77. The van der Waals surface area contributed by atoms with E-state index in [1.54, 1.807) is 31.0 Å². The van der Waals surface area contributed by atoms with Gasteiger partial charge in [-0.1, -0.05) is 0 Å². The normalized spacial score (nSPS) is 12.5. The fourth-order valence-corrected chi connectivity index (χ4v) is 1.33. The lowest BCUT2D eigenvalue weighted by molar-refractivity contribution is 0.187. The van der Waals surface area contributed by atoms with Crippen molar-refractivity contribution >= 4 is 11.4 Å². The van der Waals surface area contributed by atoms with Crippen LogP contribution in [0.1, 0.15) is 13.3 Å². The van der Waals surface area contributed by atoms with E-state index in [2.05, 4.69) is 0 Å². The molecule has 0 heterocycles. The zero-order valence-electron chi connectivity index (χ0n) is 9.07. The first-order valence-corrected chi connectivity index (χ1v) is 4.95. The molecule has 0 spiro atoms. The topological polar surface area (TPSA) is 49.5 Å². The van der Waals surface area contributed by atoms with Crippen molar-refractivity contribution in [1.82, 2.24) is 0 Å². The van der Waals surface area contributed by atoms with Crippen LogP contribution in [0.25, 0.3) is 0 Å². The van der Waals surface area contributed by atoms with Gasteiger partial charge in [-0.3, -0.25) is 0 Å². The van der Waals surface area contributed by atoms with Crippen molar-refractivity contribution in [2.45, 2.75) is 19.4 Å². The summed E-state index contributed by atoms with van der Waals surface area (Å²) in [5.74, 6) is -0.330. The molecule has 3 nitrogen and oxygen atoms in total. The van der Waals surface area contributed by atoms with Crippen molar-refractivity contribution in [1.29, 1.82) is 0 Å². The lowest BCUT2D eigenvalue weighted by atomic mass is 10.2. The molecule has 0 aromatic heterocycles. The molecule has 0 bridgehead atoms. The van der Waals surface area contributed by atoms with Gasteiger partial charge in [0.15, 0.2) is 0 Å². The molecule has 84 valence electrons. The number of benzene rings is 1. The average Bonchev–Trinajstić information content (AvgIpc) is 2.14. The smallest absolute Gasteiger partial charge is 0.148 e. The monoisotopic (exact) mass is 212 g/mol. The fourth-order valence-electron chi connectivity index (χ4n) is 1.33. The Bertz CT molecular complexity index is 328. The SMILES string of the molecule is CC(O)CCN(C)c1ccc(N)cc1F. The number of aliphatic hydroxyl groups is 1. The van der Waals surface area contributed by atoms with Crippen molar-refractivity contribution in [3.8, 4) is 0 Å². The first-order chi connectivity index (χ1) is 7.00. The summed E-state index contributed by atoms with van der Waals surface area (Å²) in [6.07, 6.45) is 0.240. The second kappa shape index (κ2) is 4.98. The molecule has 0 aliphatic rings. The van der Waals surface area contributed by atoms with Gasteiger partial charge >= 0.3 is 0 Å². The Hall–Kier alpha value is -1.29. The van der Waals surface area contributed by atoms with Gasteiger partial charge < -0.3 is 15.7 Å². The summed E-state index contributed by atoms with van der Waals surface area (Å²) in [6, 6.07) is 4.61. The summed E-state index contributed by atoms with van der Waals surface area (Å²) in [5.41, 5.74) is 6.37. The van der Waals surface area contributed by atoms with Crippen molar-refractivity contribution < 1.29 is 9.50 Å². The molecule has 1 atom stereocenters. The molecule has 0 aliphatic carbocycles. The van der Waals surface area contributed by atoms with E-state index in [9.17, 15) is 4.39 Å². The van der Waals surface area contributed by atoms with E-state index in [1.165, 1.54) is 6.07 Å². The largest absolute Gasteiger partial charge is 0.399 e. The number of aliphatic hydroxyl groups excluding tert-OH is 1. The lowest BCUT2D eigenvalue weighted by Gasteiger charge is -2.20. The van der Waals surface area contributed by atoms with Crippen molar-refractivity contribution in [2.75, 3.05) is 24.2 Å². The highest BCUT2D eigenvalue weighted by Crippen LogP contribution is 2.20. The lowest BCUT2D eigenvalue weighted by Crippen LogP contribution is -2.22. The summed E-state index contributed by atoms with van der Waals surface area (Å²) in [5, 5.41) is 9.12. The van der Waals surface area contributed by atoms with Crippen molar-refractivity contribution in [3.63, 3.8) is 0 Å². The first kappa shape index (κ1) is 11.8. The van der Waals surface area contributed by atoms with E-state index < -0.39 is 0 Å². The van der Waals surface area contributed by atoms with Crippen LogP contribution in [0.4, 0.5) is 15.8 Å². The molecule has 15 heavy (non-hydrogen) atoms. The van der Waals surface area contributed by atoms with Gasteiger partial charge in [-0.2, -0.15) is 0 Å². The Morgan fingerprint density at radius 3 is 2.73 bits per heavy atom. The molecule has 1 rings (SSSR count). The van der Waals surface area contributed by atoms with E-state index in [4.69, 9.17) is 10.8 Å². The zero-order chi connectivity index (χ0) is 11.4. The molecule has 0 fully saturated rings. The van der Waals surface area contributed by atoms with Crippen LogP contribution in [0, 0.1) is 5.82 Å². The summed E-state index contributed by atoms with van der Waals surface area (Å²) < 4.78 is 13.4. The van der Waals surface area contributed by atoms with Crippen LogP contribution >= 0.6 is 0 Å². The first-order valence-electron chi connectivity index (χ1n) is 4.95. The summed E-state index contributed by atoms with van der Waals surface area (Å²) in [7, 11) is 1.79. The van der Waals surface area contributed by atoms with Gasteiger partial charge in [0.1, 0.15) is 5.82 Å². The molecule has 4 heteroatoms. The zero-order valence-corrected chi connectivity index (χ0v) is 9.07. The molecule has 3 N–H and O–H groups in total. The molecular formula is C11H17FN2O. The minimum atomic E-state index is -0.371. The highest BCUT2D eigenvalue weighted by atomic mass is 19.1. The number of rotatable bonds is 4. The predicted octanol–water partition coefficient (Wildman–Crippen LogP) is 1.61. The minimum Gasteiger partial charge on any atom is -0.399 e. The maximum atomic E-state index is 13.4. The van der Waals surface area contributed by atoms with Gasteiger partial charge in [0.25, 0.3) is 0 Å². The Morgan fingerprint density at radius 1 is 1.53 bits per heavy atom. The summed E-state index contributed by atoms with van der Waals surface area (Å²) >= 11 is 0. The van der Waals surface area contributed by atoms with E-state index in [-0.39, 0.29) is 11.9 Å². The molecule has 1 aromatic rings. The number of nitrogen functional groups attached to an aromatic ring is 1. The van der Waals surface area contributed by atoms with Crippen molar-refractivity contribution in [3.05, 3.63) is 24.0 Å². The third-order valence-electron chi connectivity index (χ3n) is 2.27. The highest BCUT2D eigenvalue weighted by Gasteiger charge is 2.08. The van der Waals surface area contributed by atoms with Crippen LogP contribution in [-0.2, 0) is 0 Å². The van der Waals surface area contributed by atoms with E-state index in [0.717, 1.165) is 0 Å². The van der Waals surface area contributed by atoms with Gasteiger partial charge in [-0.05, 0) is 31.5 Å². The van der Waals surface area contributed by atoms with Gasteiger partial charge in [-0.25, -0.2) is 4.39 Å². The number of nitrogens with zero attached hydrogens (tertiary/aromatic N) is 1. The second-order valence-electron chi connectivity index (χ2n) is 3.77. The predicted molar refractivity (Wildman–Crippen MR) is 60.4 cm³/mol. The molecule has 1 aromatic carbocycles. The number of hydrogen-bond acceptors (Lipinski definition) is 3. The van der Waals surface area contributed by atoms with Gasteiger partial charge in [0.05, 0.1) is 11.8 Å². The molecule has 0 aliphatic heterocycles. The van der Waals surface area contributed by atoms with E-state index in [1.807, 2.05) is 0 Å². The standard InChI is InChI=1S/C11H17FN2O/c1-8(15)5-6-14(2)11-4-3-9(13)7-10(11)12/h3-4,7-8,15H,5-6,13H2,1-2H3. The van der Waals surface area contributed by atoms with Crippen LogP contribution in [0.3, 0.4) is 0 Å². The summed E-state index contributed by atoms with van der Waals surface area (Å²) in [6.45, 7) is 2.33. The molecule has 0 saturated heterocycles. The quantitative estimate of drug-likeness (QED) is 0.745. The number of halogens is 1. The third-order valence-corrected chi connectivity index (χ3v) is 2.27. The van der Waals surface area contributed by atoms with Gasteiger partial charge in [0.2, 0.25) is 0 Å². The van der Waals surface area contributed by atoms with Crippen molar-refractivity contribution in [2.24, 2.45) is 0 Å². The molecule has 0 saturated carbocycles. The molecule has 1 unspecified atom stereocenters. The maximum Gasteiger partial charge on any atom is 0.148 e. The van der Waals surface area contributed by atoms with Gasteiger partial charge in [-0.15, -0.1) is 0 Å². The van der Waals surface area contributed by atoms with E-state index in [0.29, 0.717) is 24.3 Å². The number of hydrogen-bond donors (Lipinski definition) is 2. The third kappa shape index (κ3) is 3.40. The van der Waals surface area contributed by atoms with Crippen LogP contribution in [0.5, 0.6) is 0 Å². The fraction of sp³-hybridized carbons (Fsp3) is 0.455. The van der Waals surface area contributed by atoms with Crippen LogP contribution in [0.2, 0.25) is 0 Å². The number of anilines is 2. The molecule has 0 amide bonds. The number of nitrogens with two attached hydrogens (primary N) is 1. The molecular weight excluding hydrogens is 195 g/mol. The van der Waals surface area contributed by atoms with Crippen LogP contribution in [0.15, 0.2) is 18.2 Å². The van der Waals surface area contributed by atoms with E-state index >= 15 is 0 Å². The molecule has 0 radical (unpaired) electrons. The summed E-state index contributed by atoms with van der Waals surface area (Å²) in [4.78, 5) is 1.77. The minimum absolute atomic E-state index is 0.330. The van der Waals surface area contributed by atoms with Crippen LogP contribution < -0.4 is 10.6 Å². The average molecular weight is 212 g/mol. The Balaban J connectivity index is 2.69. The highest BCUT2D eigenvalue weighted by molar-refractivity contribution is 5.53. The Kier molecular flexibility index (Phi) is 3.91. The maximum absolute atomic E-state index is 13.4. The Morgan fingerprint density at radius 2 is 2.20 bits per heavy atom. The van der Waals surface area contributed by atoms with Crippen LogP contribution in [-0.4, -0.2) is 24.8 Å². The Labute approximate surface area is 89.3 Å².